The molecule has 1 aromatic rings. The standard InChI is InChI=1S/C16H27FN2S/c1-12(11-20-6)19(5)15-8-7-13(9-14(15)17)10-18-16(2,3)4/h7-9,12,18H,10-11H2,1-6H3. The highest BCUT2D eigenvalue weighted by Gasteiger charge is 2.14. The Balaban J connectivity index is 2.77. The molecule has 0 bridgehead atoms. The highest BCUT2D eigenvalue weighted by molar-refractivity contribution is 7.98. The normalized spacial score (nSPS) is 13.3. The van der Waals surface area contributed by atoms with Crippen LogP contribution in [0.1, 0.15) is 33.3 Å². The summed E-state index contributed by atoms with van der Waals surface area (Å²) in [7, 11) is 1.95. The van der Waals surface area contributed by atoms with Crippen LogP contribution < -0.4 is 10.2 Å². The first-order valence-corrected chi connectivity index (χ1v) is 8.39. The number of nitrogens with one attached hydrogen (secondary N) is 1. The van der Waals surface area contributed by atoms with Gasteiger partial charge < -0.3 is 10.2 Å². The summed E-state index contributed by atoms with van der Waals surface area (Å²) in [4.78, 5) is 2.01. The minimum atomic E-state index is -0.145. The lowest BCUT2D eigenvalue weighted by atomic mass is 10.1. The minimum absolute atomic E-state index is 0.0405. The van der Waals surface area contributed by atoms with Crippen molar-refractivity contribution in [3.8, 4) is 0 Å². The van der Waals surface area contributed by atoms with E-state index in [0.29, 0.717) is 18.3 Å². The van der Waals surface area contributed by atoms with Crippen molar-refractivity contribution in [1.29, 1.82) is 0 Å². The molecule has 1 atom stereocenters. The van der Waals surface area contributed by atoms with Crippen molar-refractivity contribution < 1.29 is 4.39 Å². The molecule has 0 aliphatic carbocycles. The molecule has 0 fully saturated rings. The van der Waals surface area contributed by atoms with Gasteiger partial charge in [-0.15, -0.1) is 0 Å². The minimum Gasteiger partial charge on any atom is -0.369 e. The van der Waals surface area contributed by atoms with Crippen LogP contribution in [0.2, 0.25) is 0 Å². The SMILES string of the molecule is CSCC(C)N(C)c1ccc(CNC(C)(C)C)cc1F. The molecular formula is C16H27FN2S. The van der Waals surface area contributed by atoms with E-state index in [1.165, 1.54) is 0 Å². The zero-order chi connectivity index (χ0) is 15.3. The van der Waals surface area contributed by atoms with Crippen molar-refractivity contribution in [2.45, 2.75) is 45.8 Å². The van der Waals surface area contributed by atoms with Gasteiger partial charge in [0, 0.05) is 30.9 Å². The fraction of sp³-hybridized carbons (Fsp3) is 0.625. The summed E-state index contributed by atoms with van der Waals surface area (Å²) in [6.45, 7) is 9.12. The lowest BCUT2D eigenvalue weighted by Crippen LogP contribution is -2.35. The maximum Gasteiger partial charge on any atom is 0.146 e. The van der Waals surface area contributed by atoms with E-state index < -0.39 is 0 Å². The summed E-state index contributed by atoms with van der Waals surface area (Å²) in [6.07, 6.45) is 2.07. The molecule has 0 aliphatic heterocycles. The molecule has 1 N–H and O–H groups in total. The molecule has 0 saturated heterocycles. The van der Waals surface area contributed by atoms with Crippen LogP contribution in [0.5, 0.6) is 0 Å². The molecule has 1 aromatic carbocycles. The lowest BCUT2D eigenvalue weighted by Gasteiger charge is -2.27. The van der Waals surface area contributed by atoms with Gasteiger partial charge in [0.05, 0.1) is 5.69 Å². The second-order valence-corrected chi connectivity index (χ2v) is 7.22. The van der Waals surface area contributed by atoms with Gasteiger partial charge in [0.2, 0.25) is 0 Å². The van der Waals surface area contributed by atoms with Crippen LogP contribution in [0.4, 0.5) is 10.1 Å². The Morgan fingerprint density at radius 2 is 2.00 bits per heavy atom. The van der Waals surface area contributed by atoms with Gasteiger partial charge in [0.1, 0.15) is 5.82 Å². The van der Waals surface area contributed by atoms with Crippen LogP contribution in [0.15, 0.2) is 18.2 Å². The van der Waals surface area contributed by atoms with Crippen LogP contribution >= 0.6 is 11.8 Å². The molecule has 0 aliphatic rings. The van der Waals surface area contributed by atoms with Gasteiger partial charge in [-0.2, -0.15) is 11.8 Å². The molecule has 2 nitrogen and oxygen atoms in total. The summed E-state index contributed by atoms with van der Waals surface area (Å²) in [5.41, 5.74) is 1.69. The van der Waals surface area contributed by atoms with E-state index in [1.807, 2.05) is 24.1 Å². The van der Waals surface area contributed by atoms with Crippen molar-refractivity contribution in [3.05, 3.63) is 29.6 Å². The van der Waals surface area contributed by atoms with E-state index in [1.54, 1.807) is 17.8 Å². The molecule has 1 rings (SSSR count). The van der Waals surface area contributed by atoms with Crippen molar-refractivity contribution in [2.24, 2.45) is 0 Å². The largest absolute Gasteiger partial charge is 0.369 e. The summed E-state index contributed by atoms with van der Waals surface area (Å²) < 4.78 is 14.2. The second-order valence-electron chi connectivity index (χ2n) is 6.30. The Labute approximate surface area is 127 Å². The van der Waals surface area contributed by atoms with Gasteiger partial charge in [0.15, 0.2) is 0 Å². The van der Waals surface area contributed by atoms with E-state index in [4.69, 9.17) is 0 Å². The number of anilines is 1. The van der Waals surface area contributed by atoms with Gasteiger partial charge in [-0.25, -0.2) is 4.39 Å². The summed E-state index contributed by atoms with van der Waals surface area (Å²) in [6, 6.07) is 5.83. The topological polar surface area (TPSA) is 15.3 Å². The van der Waals surface area contributed by atoms with Crippen molar-refractivity contribution >= 4 is 17.4 Å². The predicted molar refractivity (Wildman–Crippen MR) is 89.2 cm³/mol. The third kappa shape index (κ3) is 5.33. The van der Waals surface area contributed by atoms with Gasteiger partial charge >= 0.3 is 0 Å². The third-order valence-electron chi connectivity index (χ3n) is 3.28. The molecule has 0 radical (unpaired) electrons. The van der Waals surface area contributed by atoms with Gasteiger partial charge in [-0.3, -0.25) is 0 Å². The maximum absolute atomic E-state index is 14.2. The average molecular weight is 298 g/mol. The molecule has 114 valence electrons. The van der Waals surface area contributed by atoms with E-state index >= 15 is 0 Å². The first-order valence-electron chi connectivity index (χ1n) is 7.00. The van der Waals surface area contributed by atoms with E-state index in [-0.39, 0.29) is 11.4 Å². The van der Waals surface area contributed by atoms with Gasteiger partial charge in [-0.1, -0.05) is 6.07 Å². The first kappa shape index (κ1) is 17.3. The molecule has 0 aromatic heterocycles. The monoisotopic (exact) mass is 298 g/mol. The zero-order valence-electron chi connectivity index (χ0n) is 13.5. The van der Waals surface area contributed by atoms with Gasteiger partial charge in [-0.05, 0) is 51.6 Å². The van der Waals surface area contributed by atoms with E-state index in [0.717, 1.165) is 11.3 Å². The molecule has 0 spiro atoms. The van der Waals surface area contributed by atoms with Crippen molar-refractivity contribution in [2.75, 3.05) is 24.0 Å². The number of thioether (sulfide) groups is 1. The van der Waals surface area contributed by atoms with E-state index in [2.05, 4.69) is 39.3 Å². The van der Waals surface area contributed by atoms with Crippen LogP contribution in [0, 0.1) is 5.82 Å². The Morgan fingerprint density at radius 1 is 1.35 bits per heavy atom. The fourth-order valence-electron chi connectivity index (χ4n) is 1.90. The van der Waals surface area contributed by atoms with Crippen molar-refractivity contribution in [3.63, 3.8) is 0 Å². The molecule has 0 heterocycles. The number of hydrogen-bond acceptors (Lipinski definition) is 3. The lowest BCUT2D eigenvalue weighted by molar-refractivity contribution is 0.423. The van der Waals surface area contributed by atoms with Gasteiger partial charge in [0.25, 0.3) is 0 Å². The Bertz CT molecular complexity index is 429. The predicted octanol–water partition coefficient (Wildman–Crippen LogP) is 3.90. The maximum atomic E-state index is 14.2. The van der Waals surface area contributed by atoms with Crippen LogP contribution in [0.25, 0.3) is 0 Å². The van der Waals surface area contributed by atoms with Crippen LogP contribution in [-0.2, 0) is 6.54 Å². The zero-order valence-corrected chi connectivity index (χ0v) is 14.3. The molecule has 20 heavy (non-hydrogen) atoms. The summed E-state index contributed by atoms with van der Waals surface area (Å²) >= 11 is 1.78. The van der Waals surface area contributed by atoms with Crippen LogP contribution in [-0.4, -0.2) is 30.6 Å². The average Bonchev–Trinajstić information content (AvgIpc) is 2.35. The number of hydrogen-bond donors (Lipinski definition) is 1. The Hall–Kier alpha value is -0.740. The Morgan fingerprint density at radius 3 is 2.50 bits per heavy atom. The molecule has 0 saturated carbocycles. The highest BCUT2D eigenvalue weighted by atomic mass is 32.2. The second kappa shape index (κ2) is 7.32. The van der Waals surface area contributed by atoms with E-state index in [9.17, 15) is 4.39 Å². The molecule has 1 unspecified atom stereocenters. The smallest absolute Gasteiger partial charge is 0.146 e. The van der Waals surface area contributed by atoms with Crippen molar-refractivity contribution in [1.82, 2.24) is 5.32 Å². The summed E-state index contributed by atoms with van der Waals surface area (Å²) in [5.74, 6) is 0.845. The number of halogens is 1. The molecule has 0 amide bonds. The Kier molecular flexibility index (Phi) is 6.34. The number of nitrogens with zero attached hydrogens (tertiary/aromatic N) is 1. The highest BCUT2D eigenvalue weighted by Crippen LogP contribution is 2.22. The molecule has 4 heteroatoms. The van der Waals surface area contributed by atoms with Crippen LogP contribution in [0.3, 0.4) is 0 Å². The molecular weight excluding hydrogens is 271 g/mol. The number of rotatable bonds is 6. The summed E-state index contributed by atoms with van der Waals surface area (Å²) in [5, 5.41) is 3.37. The third-order valence-corrected chi connectivity index (χ3v) is 4.10. The quantitative estimate of drug-likeness (QED) is 0.857. The number of benzene rings is 1. The fourth-order valence-corrected chi connectivity index (χ4v) is 2.61. The first-order chi connectivity index (χ1) is 9.24.